The molecule has 0 saturated heterocycles. The van der Waals surface area contributed by atoms with Gasteiger partial charge in [-0.25, -0.2) is 4.39 Å². The van der Waals surface area contributed by atoms with Crippen LogP contribution in [0.2, 0.25) is 5.02 Å². The highest BCUT2D eigenvalue weighted by atomic mass is 35.5. The Morgan fingerprint density at radius 3 is 2.47 bits per heavy atom. The second kappa shape index (κ2) is 4.58. The molecule has 0 heterocycles. The van der Waals surface area contributed by atoms with Crippen molar-refractivity contribution in [1.29, 1.82) is 0 Å². The van der Waals surface area contributed by atoms with Crippen molar-refractivity contribution in [1.82, 2.24) is 0 Å². The van der Waals surface area contributed by atoms with Gasteiger partial charge in [0.1, 0.15) is 5.82 Å². The molecule has 2 unspecified atom stereocenters. The van der Waals surface area contributed by atoms with E-state index in [1.54, 1.807) is 6.07 Å². The molecule has 0 spiro atoms. The van der Waals surface area contributed by atoms with Crippen molar-refractivity contribution in [3.63, 3.8) is 0 Å². The van der Waals surface area contributed by atoms with Crippen LogP contribution in [-0.2, 0) is 5.54 Å². The molecule has 3 heteroatoms. The van der Waals surface area contributed by atoms with E-state index in [-0.39, 0.29) is 5.82 Å². The van der Waals surface area contributed by atoms with Gasteiger partial charge in [-0.05, 0) is 54.9 Å². The van der Waals surface area contributed by atoms with E-state index < -0.39 is 5.54 Å². The molecule has 0 aromatic heterocycles. The summed E-state index contributed by atoms with van der Waals surface area (Å²) in [5, 5.41) is 0.579. The topological polar surface area (TPSA) is 26.0 Å². The van der Waals surface area contributed by atoms with Crippen molar-refractivity contribution in [2.45, 2.75) is 38.6 Å². The van der Waals surface area contributed by atoms with E-state index in [9.17, 15) is 4.39 Å². The first-order chi connectivity index (χ1) is 7.90. The second-order valence-electron chi connectivity index (χ2n) is 5.63. The molecule has 1 nitrogen and oxygen atoms in total. The normalized spacial score (nSPS) is 33.7. The third kappa shape index (κ3) is 2.63. The Labute approximate surface area is 107 Å². The lowest BCUT2D eigenvalue weighted by atomic mass is 9.69. The Hall–Kier alpha value is -0.600. The molecule has 1 saturated carbocycles. The summed E-state index contributed by atoms with van der Waals surface area (Å²) in [6.45, 7) is 4.40. The van der Waals surface area contributed by atoms with Crippen LogP contribution in [-0.4, -0.2) is 0 Å². The van der Waals surface area contributed by atoms with Crippen LogP contribution in [0.3, 0.4) is 0 Å². The summed E-state index contributed by atoms with van der Waals surface area (Å²) < 4.78 is 13.4. The van der Waals surface area contributed by atoms with Gasteiger partial charge in [0.2, 0.25) is 0 Å². The van der Waals surface area contributed by atoms with E-state index in [1.165, 1.54) is 18.6 Å². The summed E-state index contributed by atoms with van der Waals surface area (Å²) in [7, 11) is 0. The van der Waals surface area contributed by atoms with Crippen molar-refractivity contribution in [2.75, 3.05) is 0 Å². The molecule has 17 heavy (non-hydrogen) atoms. The van der Waals surface area contributed by atoms with Gasteiger partial charge < -0.3 is 5.73 Å². The second-order valence-corrected chi connectivity index (χ2v) is 6.04. The first-order valence-electron chi connectivity index (χ1n) is 6.15. The molecule has 0 bridgehead atoms. The van der Waals surface area contributed by atoms with Crippen LogP contribution < -0.4 is 5.73 Å². The van der Waals surface area contributed by atoms with Crippen molar-refractivity contribution in [3.05, 3.63) is 34.6 Å². The Bertz CT molecular complexity index is 409. The third-order valence-corrected chi connectivity index (χ3v) is 4.02. The average Bonchev–Trinajstić information content (AvgIpc) is 2.19. The van der Waals surface area contributed by atoms with Gasteiger partial charge in [0, 0.05) is 10.6 Å². The Morgan fingerprint density at radius 1 is 1.29 bits per heavy atom. The number of rotatable bonds is 1. The van der Waals surface area contributed by atoms with E-state index in [1.807, 2.05) is 0 Å². The zero-order valence-electron chi connectivity index (χ0n) is 10.3. The lowest BCUT2D eigenvalue weighted by Gasteiger charge is -2.41. The zero-order chi connectivity index (χ0) is 12.6. The van der Waals surface area contributed by atoms with E-state index in [0.717, 1.165) is 18.4 Å². The summed E-state index contributed by atoms with van der Waals surface area (Å²) in [4.78, 5) is 0. The van der Waals surface area contributed by atoms with Crippen LogP contribution in [0.5, 0.6) is 0 Å². The fourth-order valence-electron chi connectivity index (χ4n) is 3.28. The van der Waals surface area contributed by atoms with Crippen molar-refractivity contribution in [2.24, 2.45) is 17.6 Å². The smallest absolute Gasteiger partial charge is 0.123 e. The predicted molar refractivity (Wildman–Crippen MR) is 69.5 cm³/mol. The Morgan fingerprint density at radius 2 is 1.88 bits per heavy atom. The van der Waals surface area contributed by atoms with Gasteiger partial charge in [0.25, 0.3) is 0 Å². The molecular formula is C14H19ClFN. The SMILES string of the molecule is CC1CC(C)CC(N)(c2cc(F)ccc2Cl)C1. The predicted octanol–water partition coefficient (Wildman–Crippen LogP) is 4.09. The van der Waals surface area contributed by atoms with Crippen LogP contribution in [0.1, 0.15) is 38.7 Å². The fourth-order valence-corrected chi connectivity index (χ4v) is 3.59. The first kappa shape index (κ1) is 12.8. The number of benzene rings is 1. The standard InChI is InChI=1S/C14H19ClFN/c1-9-5-10(2)8-14(17,7-9)12-6-11(16)3-4-13(12)15/h3-4,6,9-10H,5,7-8,17H2,1-2H3. The van der Waals surface area contributed by atoms with E-state index >= 15 is 0 Å². The summed E-state index contributed by atoms with van der Waals surface area (Å²) in [5.41, 5.74) is 6.77. The molecule has 2 atom stereocenters. The maximum absolute atomic E-state index is 13.4. The zero-order valence-corrected chi connectivity index (χ0v) is 11.1. The van der Waals surface area contributed by atoms with Gasteiger partial charge in [-0.15, -0.1) is 0 Å². The lowest BCUT2D eigenvalue weighted by Crippen LogP contribution is -2.43. The molecule has 1 fully saturated rings. The largest absolute Gasteiger partial charge is 0.321 e. The highest BCUT2D eigenvalue weighted by molar-refractivity contribution is 6.31. The highest BCUT2D eigenvalue weighted by Gasteiger charge is 2.37. The molecule has 0 aliphatic heterocycles. The first-order valence-corrected chi connectivity index (χ1v) is 6.53. The van der Waals surface area contributed by atoms with Crippen LogP contribution in [0.15, 0.2) is 18.2 Å². The number of hydrogen-bond acceptors (Lipinski definition) is 1. The van der Waals surface area contributed by atoms with Crippen molar-refractivity contribution < 1.29 is 4.39 Å². The van der Waals surface area contributed by atoms with E-state index in [0.29, 0.717) is 16.9 Å². The van der Waals surface area contributed by atoms with Crippen molar-refractivity contribution >= 4 is 11.6 Å². The lowest BCUT2D eigenvalue weighted by molar-refractivity contribution is 0.183. The molecule has 0 amide bonds. The molecule has 0 radical (unpaired) electrons. The summed E-state index contributed by atoms with van der Waals surface area (Å²) in [5.74, 6) is 0.853. The molecule has 1 aromatic carbocycles. The monoisotopic (exact) mass is 255 g/mol. The molecule has 2 rings (SSSR count). The van der Waals surface area contributed by atoms with Gasteiger partial charge in [-0.3, -0.25) is 0 Å². The number of hydrogen-bond donors (Lipinski definition) is 1. The summed E-state index contributed by atoms with van der Waals surface area (Å²) in [6, 6.07) is 4.47. The van der Waals surface area contributed by atoms with Gasteiger partial charge in [0.05, 0.1) is 0 Å². The van der Waals surface area contributed by atoms with Crippen molar-refractivity contribution in [3.8, 4) is 0 Å². The highest BCUT2D eigenvalue weighted by Crippen LogP contribution is 2.42. The maximum Gasteiger partial charge on any atom is 0.123 e. The number of halogens is 2. The summed E-state index contributed by atoms with van der Waals surface area (Å²) >= 11 is 6.17. The minimum absolute atomic E-state index is 0.264. The molecular weight excluding hydrogens is 237 g/mol. The molecule has 1 aromatic rings. The minimum Gasteiger partial charge on any atom is -0.321 e. The van der Waals surface area contributed by atoms with Gasteiger partial charge in [0.15, 0.2) is 0 Å². The third-order valence-electron chi connectivity index (χ3n) is 3.69. The Kier molecular flexibility index (Phi) is 3.46. The van der Waals surface area contributed by atoms with Crippen LogP contribution in [0.4, 0.5) is 4.39 Å². The van der Waals surface area contributed by atoms with E-state index in [4.69, 9.17) is 17.3 Å². The maximum atomic E-state index is 13.4. The Balaban J connectivity index is 2.39. The average molecular weight is 256 g/mol. The quantitative estimate of drug-likeness (QED) is 0.804. The van der Waals surface area contributed by atoms with E-state index in [2.05, 4.69) is 13.8 Å². The van der Waals surface area contributed by atoms with Gasteiger partial charge in [-0.2, -0.15) is 0 Å². The minimum atomic E-state index is -0.476. The fraction of sp³-hybridized carbons (Fsp3) is 0.571. The van der Waals surface area contributed by atoms with Gasteiger partial charge >= 0.3 is 0 Å². The van der Waals surface area contributed by atoms with Crippen LogP contribution in [0.25, 0.3) is 0 Å². The number of nitrogens with two attached hydrogens (primary N) is 1. The molecule has 94 valence electrons. The molecule has 1 aliphatic rings. The molecule has 2 N–H and O–H groups in total. The van der Waals surface area contributed by atoms with Crippen LogP contribution >= 0.6 is 11.6 Å². The van der Waals surface area contributed by atoms with Gasteiger partial charge in [-0.1, -0.05) is 25.4 Å². The molecule has 1 aliphatic carbocycles. The van der Waals surface area contributed by atoms with Crippen LogP contribution in [0, 0.1) is 17.7 Å². The summed E-state index contributed by atoms with van der Waals surface area (Å²) in [6.07, 6.45) is 2.94.